The SMILES string of the molecule is COC(=O)C[C@H]1CN(C2=Nc3cc(Cl)ccc3Oc3ccccc32)CCN1.FS.NCCCO.O=C(C[C@H]1CN(C2=Nc3cc(Cl)ccc3Oc3ccccc32)CCN1)NCCCO. The molecule has 0 radical (unpaired) electrons. The number of aliphatic imine (C=N–C) groups is 2. The summed E-state index contributed by atoms with van der Waals surface area (Å²) in [6, 6.07) is 26.5. The van der Waals surface area contributed by atoms with Crippen LogP contribution in [0, 0.1) is 0 Å². The maximum absolute atomic E-state index is 12.2. The van der Waals surface area contributed by atoms with Crippen molar-refractivity contribution in [1.29, 1.82) is 0 Å². The summed E-state index contributed by atoms with van der Waals surface area (Å²) in [5.41, 5.74) is 8.19. The first kappa shape index (κ1) is 50.0. The van der Waals surface area contributed by atoms with Crippen molar-refractivity contribution >= 4 is 71.1 Å². The molecule has 2 saturated heterocycles. The van der Waals surface area contributed by atoms with Crippen molar-refractivity contribution in [3.8, 4) is 23.0 Å². The van der Waals surface area contributed by atoms with Crippen LogP contribution in [0.5, 0.6) is 23.0 Å². The Balaban J connectivity index is 0.000000211. The van der Waals surface area contributed by atoms with Crippen LogP contribution in [0.3, 0.4) is 0 Å². The van der Waals surface area contributed by atoms with Crippen molar-refractivity contribution in [2.75, 3.05) is 72.7 Å². The van der Waals surface area contributed by atoms with Crippen LogP contribution < -0.4 is 31.2 Å². The minimum atomic E-state index is -0.224. The molecule has 344 valence electrons. The number of amides is 1. The topological polar surface area (TPSA) is 196 Å². The van der Waals surface area contributed by atoms with E-state index >= 15 is 0 Å². The smallest absolute Gasteiger partial charge is 0.307 e. The van der Waals surface area contributed by atoms with Gasteiger partial charge in [-0.05, 0) is 80.1 Å². The first-order chi connectivity index (χ1) is 31.2. The van der Waals surface area contributed by atoms with E-state index < -0.39 is 0 Å². The Bertz CT molecular complexity index is 2220. The number of rotatable bonds is 9. The Labute approximate surface area is 388 Å². The Morgan fingerprint density at radius 1 is 0.781 bits per heavy atom. The van der Waals surface area contributed by atoms with Gasteiger partial charge in [0.05, 0.1) is 24.7 Å². The number of carbonyl (C=O) groups is 2. The van der Waals surface area contributed by atoms with Gasteiger partial charge in [-0.25, -0.2) is 9.98 Å². The molecule has 0 spiro atoms. The molecule has 2 atom stereocenters. The summed E-state index contributed by atoms with van der Waals surface area (Å²) in [4.78, 5) is 38.1. The van der Waals surface area contributed by atoms with Gasteiger partial charge < -0.3 is 55.9 Å². The highest BCUT2D eigenvalue weighted by molar-refractivity contribution is 7.74. The second kappa shape index (κ2) is 26.1. The number of nitrogens with zero attached hydrogens (tertiary/aromatic N) is 4. The lowest BCUT2D eigenvalue weighted by Gasteiger charge is -2.35. The minimum absolute atomic E-state index is 0.00376. The average Bonchev–Trinajstić information content (AvgIpc) is 3.58. The maximum atomic E-state index is 12.2. The normalized spacial score (nSPS) is 16.9. The fraction of sp³-hybridized carbons (Fsp3) is 0.378. The van der Waals surface area contributed by atoms with Crippen LogP contribution >= 0.6 is 36.2 Å². The zero-order valence-corrected chi connectivity index (χ0v) is 37.9. The van der Waals surface area contributed by atoms with Crippen LogP contribution in [0.1, 0.15) is 36.8 Å². The third-order valence-electron chi connectivity index (χ3n) is 10.2. The number of hydrogen-bond acceptors (Lipinski definition) is 15. The van der Waals surface area contributed by atoms with E-state index in [4.69, 9.17) is 63.3 Å². The van der Waals surface area contributed by atoms with Crippen molar-refractivity contribution in [1.82, 2.24) is 25.8 Å². The molecule has 1 amide bonds. The monoisotopic (exact) mass is 940 g/mol. The Morgan fingerprint density at radius 3 is 1.72 bits per heavy atom. The number of halogens is 3. The van der Waals surface area contributed by atoms with Gasteiger partial charge in [0, 0.05) is 101 Å². The van der Waals surface area contributed by atoms with Crippen molar-refractivity contribution in [2.45, 2.75) is 37.8 Å². The van der Waals surface area contributed by atoms with Crippen LogP contribution in [0.15, 0.2) is 94.9 Å². The second-order valence-electron chi connectivity index (χ2n) is 14.8. The lowest BCUT2D eigenvalue weighted by atomic mass is 10.1. The maximum Gasteiger partial charge on any atom is 0.307 e. The predicted octanol–water partition coefficient (Wildman–Crippen LogP) is 6.18. The summed E-state index contributed by atoms with van der Waals surface area (Å²) in [7, 11) is 1.41. The molecule has 7 N–H and O–H groups in total. The molecule has 2 fully saturated rings. The van der Waals surface area contributed by atoms with E-state index in [2.05, 4.69) is 25.8 Å². The van der Waals surface area contributed by atoms with Crippen molar-refractivity contribution in [3.05, 3.63) is 106 Å². The summed E-state index contributed by atoms with van der Waals surface area (Å²) < 4.78 is 26.2. The molecule has 4 aromatic rings. The Kier molecular flexibility index (Phi) is 20.4. The molecule has 0 aliphatic carbocycles. The zero-order chi connectivity index (χ0) is 45.8. The molecule has 8 rings (SSSR count). The van der Waals surface area contributed by atoms with Gasteiger partial charge in [0.2, 0.25) is 5.91 Å². The number of amidine groups is 2. The van der Waals surface area contributed by atoms with E-state index in [1.165, 1.54) is 7.11 Å². The number of hydrogen-bond donors (Lipinski definition) is 7. The van der Waals surface area contributed by atoms with E-state index in [1.54, 1.807) is 24.3 Å². The quantitative estimate of drug-likeness (QED) is 0.0574. The highest BCUT2D eigenvalue weighted by atomic mass is 35.5. The summed E-state index contributed by atoms with van der Waals surface area (Å²) in [5, 5.41) is 27.7. The number of aliphatic hydroxyl groups is 2. The number of benzene rings is 4. The van der Waals surface area contributed by atoms with Crippen LogP contribution in [0.4, 0.5) is 15.3 Å². The Morgan fingerprint density at radius 2 is 1.27 bits per heavy atom. The van der Waals surface area contributed by atoms with E-state index in [0.29, 0.717) is 78.4 Å². The van der Waals surface area contributed by atoms with Gasteiger partial charge in [-0.15, -0.1) is 0 Å². The molecule has 0 saturated carbocycles. The van der Waals surface area contributed by atoms with Crippen molar-refractivity contribution in [2.24, 2.45) is 15.7 Å². The molecule has 64 heavy (non-hydrogen) atoms. The molecule has 0 bridgehead atoms. The molecule has 19 heteroatoms. The number of carbonyl (C=O) groups excluding carboxylic acids is 2. The molecule has 4 heterocycles. The lowest BCUT2D eigenvalue weighted by molar-refractivity contribution is -0.141. The van der Waals surface area contributed by atoms with Crippen molar-refractivity contribution < 1.29 is 37.9 Å². The van der Waals surface area contributed by atoms with E-state index in [1.807, 2.05) is 73.7 Å². The predicted molar refractivity (Wildman–Crippen MR) is 252 cm³/mol. The number of aliphatic hydroxyl groups excluding tert-OH is 2. The second-order valence-corrected chi connectivity index (χ2v) is 15.6. The molecular formula is C45H55Cl2FN8O7S. The molecular weight excluding hydrogens is 887 g/mol. The number of methoxy groups -OCH3 is 1. The fourth-order valence-corrected chi connectivity index (χ4v) is 7.50. The third-order valence-corrected chi connectivity index (χ3v) is 10.7. The van der Waals surface area contributed by atoms with Gasteiger partial charge in [-0.1, -0.05) is 47.5 Å². The van der Waals surface area contributed by atoms with E-state index in [-0.39, 0.29) is 37.2 Å². The molecule has 4 aliphatic heterocycles. The zero-order valence-electron chi connectivity index (χ0n) is 35.5. The van der Waals surface area contributed by atoms with E-state index in [0.717, 1.165) is 66.9 Å². The molecule has 4 aliphatic rings. The largest absolute Gasteiger partial charge is 0.469 e. The van der Waals surface area contributed by atoms with Gasteiger partial charge in [0.15, 0.2) is 11.5 Å². The minimum Gasteiger partial charge on any atom is -0.469 e. The van der Waals surface area contributed by atoms with Crippen LogP contribution in [0.25, 0.3) is 0 Å². The first-order valence-corrected chi connectivity index (χ1v) is 22.0. The number of para-hydroxylation sites is 2. The van der Waals surface area contributed by atoms with Gasteiger partial charge in [-0.2, -0.15) is 3.89 Å². The highest BCUT2D eigenvalue weighted by Gasteiger charge is 2.30. The number of ether oxygens (including phenoxy) is 3. The van der Waals surface area contributed by atoms with Gasteiger partial charge >= 0.3 is 5.97 Å². The fourth-order valence-electron chi connectivity index (χ4n) is 7.16. The Hall–Kier alpha value is -4.98. The van der Waals surface area contributed by atoms with Gasteiger partial charge in [-0.3, -0.25) is 9.59 Å². The van der Waals surface area contributed by atoms with E-state index in [9.17, 15) is 13.5 Å². The number of nitrogens with one attached hydrogen (secondary N) is 3. The lowest BCUT2D eigenvalue weighted by Crippen LogP contribution is -2.54. The summed E-state index contributed by atoms with van der Waals surface area (Å²) >= 11 is 14.4. The third kappa shape index (κ3) is 14.3. The van der Waals surface area contributed by atoms with Gasteiger partial charge in [0.25, 0.3) is 0 Å². The van der Waals surface area contributed by atoms with Crippen LogP contribution in [0.2, 0.25) is 10.0 Å². The summed E-state index contributed by atoms with van der Waals surface area (Å²) in [6.07, 6.45) is 1.97. The van der Waals surface area contributed by atoms with Gasteiger partial charge in [0.1, 0.15) is 34.5 Å². The summed E-state index contributed by atoms with van der Waals surface area (Å²) in [6.45, 7) is 5.72. The molecule has 15 nitrogen and oxygen atoms in total. The highest BCUT2D eigenvalue weighted by Crippen LogP contribution is 2.41. The molecule has 4 aromatic carbocycles. The number of fused-ring (bicyclic) bond motifs is 4. The standard InChI is InChI=1S/C22H25ClN4O3.C20H20ClN3O3.C3H9NO.FHS/c23-15-6-7-20-18(12-15)26-22(17-4-1-2-5-19(17)30-20)27-10-9-24-16(14-27)13-21(29)25-8-3-11-28;1-26-19(25)11-14-12-24(9-8-22-14)20-15-4-2-3-5-17(15)27-18-7-6-13(21)10-16(18)23-20;4-2-1-3-5;1-2/h1-2,4-7,12,16,24,28H,3,8-11,13-14H2,(H,25,29);2-7,10,14,22H,8-9,11-12H2,1H3;5H,1-4H2;2H/t16-;14-;;/m00../s1. The average molecular weight is 942 g/mol. The number of piperazine rings is 2. The molecule has 0 unspecified atom stereocenters. The summed E-state index contributed by atoms with van der Waals surface area (Å²) in [5.74, 6) is 4.22. The number of nitrogens with two attached hydrogens (primary N) is 1. The first-order valence-electron chi connectivity index (χ1n) is 20.9. The number of thiol groups is 1. The number of esters is 1. The van der Waals surface area contributed by atoms with Crippen molar-refractivity contribution in [3.63, 3.8) is 0 Å². The molecule has 0 aromatic heterocycles. The van der Waals surface area contributed by atoms with Crippen LogP contribution in [-0.2, 0) is 14.3 Å². The van der Waals surface area contributed by atoms with Crippen LogP contribution in [-0.4, -0.2) is 128 Å².